The van der Waals surface area contributed by atoms with Crippen LogP contribution in [0, 0.1) is 0 Å². The van der Waals surface area contributed by atoms with Crippen molar-refractivity contribution in [1.82, 2.24) is 19.9 Å². The molecule has 2 aromatic heterocycles. The van der Waals surface area contributed by atoms with Crippen molar-refractivity contribution in [3.05, 3.63) is 55.0 Å². The van der Waals surface area contributed by atoms with Crippen molar-refractivity contribution in [3.63, 3.8) is 0 Å². The van der Waals surface area contributed by atoms with Crippen LogP contribution < -0.4 is 10.2 Å². The van der Waals surface area contributed by atoms with Crippen molar-refractivity contribution in [2.75, 3.05) is 18.0 Å². The van der Waals surface area contributed by atoms with Crippen LogP contribution >= 0.6 is 0 Å². The number of aryl methyl sites for hydroxylation is 1. The quantitative estimate of drug-likeness (QED) is 0.568. The molecule has 0 atom stereocenters. The molecule has 6 heteroatoms. The Morgan fingerprint density at radius 2 is 1.90 bits per heavy atom. The number of amides is 1. The van der Waals surface area contributed by atoms with Gasteiger partial charge < -0.3 is 14.8 Å². The van der Waals surface area contributed by atoms with Crippen LogP contribution in [0.2, 0.25) is 0 Å². The highest BCUT2D eigenvalue weighted by Gasteiger charge is 2.26. The van der Waals surface area contributed by atoms with Crippen molar-refractivity contribution in [1.29, 1.82) is 0 Å². The molecule has 1 aliphatic rings. The molecule has 1 aliphatic heterocycles. The van der Waals surface area contributed by atoms with E-state index in [0.717, 1.165) is 59.3 Å². The van der Waals surface area contributed by atoms with Crippen LogP contribution in [-0.2, 0) is 11.8 Å². The maximum absolute atomic E-state index is 12.7. The van der Waals surface area contributed by atoms with Gasteiger partial charge in [-0.3, -0.25) is 14.8 Å². The van der Waals surface area contributed by atoms with Gasteiger partial charge in [0.2, 0.25) is 5.91 Å². The molecule has 6 nitrogen and oxygen atoms in total. The molecule has 0 aliphatic carbocycles. The zero-order valence-corrected chi connectivity index (χ0v) is 17.3. The first-order chi connectivity index (χ1) is 14.6. The number of hydrogen-bond acceptors (Lipinski definition) is 4. The molecule has 1 saturated heterocycles. The molecule has 4 aromatic rings. The van der Waals surface area contributed by atoms with E-state index < -0.39 is 0 Å². The molecule has 0 spiro atoms. The number of anilines is 1. The number of nitrogens with one attached hydrogen (secondary N) is 1. The lowest BCUT2D eigenvalue weighted by molar-refractivity contribution is -0.117. The summed E-state index contributed by atoms with van der Waals surface area (Å²) in [6.07, 6.45) is 7.39. The second-order valence-electron chi connectivity index (χ2n) is 7.99. The summed E-state index contributed by atoms with van der Waals surface area (Å²) >= 11 is 0. The average molecular weight is 399 g/mol. The molecule has 0 unspecified atom stereocenters. The summed E-state index contributed by atoms with van der Waals surface area (Å²) in [7, 11) is 2.05. The van der Waals surface area contributed by atoms with Crippen LogP contribution in [-0.4, -0.2) is 39.6 Å². The lowest BCUT2D eigenvalue weighted by atomic mass is 9.99. The molecule has 5 rings (SSSR count). The van der Waals surface area contributed by atoms with E-state index in [1.165, 1.54) is 5.39 Å². The third-order valence-electron chi connectivity index (χ3n) is 6.05. The first-order valence-corrected chi connectivity index (χ1v) is 10.4. The Kier molecular flexibility index (Phi) is 4.71. The van der Waals surface area contributed by atoms with Gasteiger partial charge in [0, 0.05) is 55.4 Å². The van der Waals surface area contributed by atoms with Crippen LogP contribution in [0.25, 0.3) is 33.1 Å². The number of carbonyl (C=O) groups excluding carboxylic acids is 1. The number of benzene rings is 2. The lowest BCUT2D eigenvalue weighted by Gasteiger charge is -2.34. The highest BCUT2D eigenvalue weighted by atomic mass is 16.2. The number of piperidine rings is 1. The Bertz CT molecular complexity index is 1240. The van der Waals surface area contributed by atoms with E-state index in [9.17, 15) is 4.79 Å². The fourth-order valence-corrected chi connectivity index (χ4v) is 4.56. The molecule has 30 heavy (non-hydrogen) atoms. The van der Waals surface area contributed by atoms with E-state index >= 15 is 0 Å². The zero-order valence-electron chi connectivity index (χ0n) is 17.3. The minimum atomic E-state index is 0.0639. The SMILES string of the molecule is CC(=O)N(c1cc(-c2ccc3ccn(C)c3c2)c2nccnc2c1)C1CCNCC1. The molecule has 1 amide bonds. The molecule has 0 bridgehead atoms. The molecule has 0 saturated carbocycles. The van der Waals surface area contributed by atoms with Crippen molar-refractivity contribution >= 4 is 33.5 Å². The molecular weight excluding hydrogens is 374 g/mol. The molecule has 1 fully saturated rings. The Morgan fingerprint density at radius 3 is 2.70 bits per heavy atom. The summed E-state index contributed by atoms with van der Waals surface area (Å²) in [5, 5.41) is 4.59. The van der Waals surface area contributed by atoms with Gasteiger partial charge in [0.05, 0.1) is 11.0 Å². The monoisotopic (exact) mass is 399 g/mol. The second-order valence-corrected chi connectivity index (χ2v) is 7.99. The number of rotatable bonds is 3. The summed E-state index contributed by atoms with van der Waals surface area (Å²) in [4.78, 5) is 23.8. The third kappa shape index (κ3) is 3.23. The third-order valence-corrected chi connectivity index (χ3v) is 6.05. The van der Waals surface area contributed by atoms with E-state index in [1.54, 1.807) is 19.3 Å². The first kappa shape index (κ1) is 18.8. The van der Waals surface area contributed by atoms with E-state index in [1.807, 2.05) is 11.0 Å². The topological polar surface area (TPSA) is 63.1 Å². The predicted molar refractivity (Wildman–Crippen MR) is 121 cm³/mol. The van der Waals surface area contributed by atoms with Crippen molar-refractivity contribution < 1.29 is 4.79 Å². The largest absolute Gasteiger partial charge is 0.351 e. The fraction of sp³-hybridized carbons (Fsp3) is 0.292. The number of carbonyl (C=O) groups is 1. The minimum absolute atomic E-state index is 0.0639. The maximum Gasteiger partial charge on any atom is 0.224 e. The Labute approximate surface area is 175 Å². The van der Waals surface area contributed by atoms with Crippen LogP contribution in [0.5, 0.6) is 0 Å². The van der Waals surface area contributed by atoms with E-state index in [4.69, 9.17) is 0 Å². The first-order valence-electron chi connectivity index (χ1n) is 10.4. The summed E-state index contributed by atoms with van der Waals surface area (Å²) in [5.74, 6) is 0.0639. The lowest BCUT2D eigenvalue weighted by Crippen LogP contribution is -2.45. The van der Waals surface area contributed by atoms with Gasteiger partial charge in [-0.15, -0.1) is 0 Å². The van der Waals surface area contributed by atoms with E-state index in [2.05, 4.69) is 63.4 Å². The van der Waals surface area contributed by atoms with Crippen LogP contribution in [0.4, 0.5) is 5.69 Å². The maximum atomic E-state index is 12.7. The van der Waals surface area contributed by atoms with Crippen molar-refractivity contribution in [3.8, 4) is 11.1 Å². The summed E-state index contributed by atoms with van der Waals surface area (Å²) in [5.41, 5.74) is 5.78. The molecule has 152 valence electrons. The Morgan fingerprint density at radius 1 is 1.10 bits per heavy atom. The summed E-state index contributed by atoms with van der Waals surface area (Å²) in [6.45, 7) is 3.51. The normalized spacial score (nSPS) is 15.0. The van der Waals surface area contributed by atoms with Gasteiger partial charge in [-0.05, 0) is 61.1 Å². The summed E-state index contributed by atoms with van der Waals surface area (Å²) < 4.78 is 2.12. The number of aromatic nitrogens is 3. The van der Waals surface area contributed by atoms with Gasteiger partial charge in [0.1, 0.15) is 0 Å². The Hall–Kier alpha value is -3.25. The van der Waals surface area contributed by atoms with E-state index in [-0.39, 0.29) is 11.9 Å². The van der Waals surface area contributed by atoms with Crippen LogP contribution in [0.3, 0.4) is 0 Å². The number of nitrogens with zero attached hydrogens (tertiary/aromatic N) is 4. The van der Waals surface area contributed by atoms with Crippen molar-refractivity contribution in [2.45, 2.75) is 25.8 Å². The van der Waals surface area contributed by atoms with Gasteiger partial charge in [-0.1, -0.05) is 12.1 Å². The van der Waals surface area contributed by atoms with Gasteiger partial charge in [-0.2, -0.15) is 0 Å². The van der Waals surface area contributed by atoms with Crippen LogP contribution in [0.1, 0.15) is 19.8 Å². The second kappa shape index (κ2) is 7.54. The molecule has 0 radical (unpaired) electrons. The number of fused-ring (bicyclic) bond motifs is 2. The average Bonchev–Trinajstić information content (AvgIpc) is 3.14. The van der Waals surface area contributed by atoms with Crippen molar-refractivity contribution in [2.24, 2.45) is 7.05 Å². The zero-order chi connectivity index (χ0) is 20.7. The highest BCUT2D eigenvalue weighted by Crippen LogP contribution is 2.34. The smallest absolute Gasteiger partial charge is 0.224 e. The summed E-state index contributed by atoms with van der Waals surface area (Å²) in [6, 6.07) is 12.8. The minimum Gasteiger partial charge on any atom is -0.351 e. The Balaban J connectivity index is 1.70. The van der Waals surface area contributed by atoms with Gasteiger partial charge in [0.25, 0.3) is 0 Å². The molecule has 3 heterocycles. The predicted octanol–water partition coefficient (Wildman–Crippen LogP) is 3.89. The fourth-order valence-electron chi connectivity index (χ4n) is 4.56. The van der Waals surface area contributed by atoms with Gasteiger partial charge in [-0.25, -0.2) is 0 Å². The van der Waals surface area contributed by atoms with Crippen LogP contribution in [0.15, 0.2) is 55.0 Å². The molecule has 1 N–H and O–H groups in total. The number of hydrogen-bond donors (Lipinski definition) is 1. The van der Waals surface area contributed by atoms with Gasteiger partial charge in [0.15, 0.2) is 0 Å². The highest BCUT2D eigenvalue weighted by molar-refractivity contribution is 6.00. The van der Waals surface area contributed by atoms with E-state index in [0.29, 0.717) is 0 Å². The standard InChI is InChI=1S/C24H25N5O/c1-16(30)29(19-5-8-25-9-6-19)20-14-21(24-22(15-20)26-10-11-27-24)18-4-3-17-7-12-28(2)23(17)13-18/h3-4,7,10-15,19,25H,5-6,8-9H2,1-2H3. The molecule has 2 aromatic carbocycles. The molecular formula is C24H25N5O. The van der Waals surface area contributed by atoms with Gasteiger partial charge >= 0.3 is 0 Å².